The van der Waals surface area contributed by atoms with Crippen LogP contribution in [0, 0.1) is 5.92 Å². The van der Waals surface area contributed by atoms with Crippen LogP contribution in [0.5, 0.6) is 5.75 Å². The molecule has 0 saturated carbocycles. The van der Waals surface area contributed by atoms with Crippen molar-refractivity contribution in [1.82, 2.24) is 5.32 Å². The molecule has 0 bridgehead atoms. The van der Waals surface area contributed by atoms with Crippen LogP contribution in [-0.4, -0.2) is 12.6 Å². The maximum atomic E-state index is 6.03. The fraction of sp³-hybridized carbons (Fsp3) is 0.600. The predicted molar refractivity (Wildman–Crippen MR) is 73.5 cm³/mol. The van der Waals surface area contributed by atoms with Gasteiger partial charge >= 0.3 is 0 Å². The highest BCUT2D eigenvalue weighted by Crippen LogP contribution is 2.26. The molecular formula is C15H25NO. The highest BCUT2D eigenvalue weighted by atomic mass is 16.5. The summed E-state index contributed by atoms with van der Waals surface area (Å²) in [6.45, 7) is 11.7. The second kappa shape index (κ2) is 6.65. The Bertz CT molecular complexity index is 335. The van der Waals surface area contributed by atoms with Crippen molar-refractivity contribution >= 4 is 0 Å². The Hall–Kier alpha value is -1.02. The molecule has 0 amide bonds. The van der Waals surface area contributed by atoms with E-state index in [4.69, 9.17) is 4.74 Å². The van der Waals surface area contributed by atoms with E-state index < -0.39 is 0 Å². The first kappa shape index (κ1) is 14.0. The molecule has 2 heteroatoms. The molecule has 1 N–H and O–H groups in total. The van der Waals surface area contributed by atoms with Gasteiger partial charge in [0.1, 0.15) is 5.75 Å². The first-order valence-electron chi connectivity index (χ1n) is 6.55. The van der Waals surface area contributed by atoms with Gasteiger partial charge in [0, 0.05) is 11.6 Å². The lowest BCUT2D eigenvalue weighted by molar-refractivity contribution is 0.168. The normalized spacial score (nSPS) is 14.7. The van der Waals surface area contributed by atoms with Crippen molar-refractivity contribution in [3.63, 3.8) is 0 Å². The van der Waals surface area contributed by atoms with E-state index in [1.807, 2.05) is 6.07 Å². The van der Waals surface area contributed by atoms with Crippen LogP contribution in [0.1, 0.15) is 46.2 Å². The van der Waals surface area contributed by atoms with E-state index in [0.29, 0.717) is 12.0 Å². The SMILES string of the molecule is CCNC(C)c1ccccc1OC(C)C(C)C. The average molecular weight is 235 g/mol. The van der Waals surface area contributed by atoms with Crippen LogP contribution in [0.15, 0.2) is 24.3 Å². The molecule has 96 valence electrons. The minimum atomic E-state index is 0.241. The van der Waals surface area contributed by atoms with Gasteiger partial charge in [0.25, 0.3) is 0 Å². The van der Waals surface area contributed by atoms with Gasteiger partial charge in [0.05, 0.1) is 6.10 Å². The van der Waals surface area contributed by atoms with Crippen molar-refractivity contribution in [3.8, 4) is 5.75 Å². The number of hydrogen-bond donors (Lipinski definition) is 1. The maximum Gasteiger partial charge on any atom is 0.124 e. The lowest BCUT2D eigenvalue weighted by Gasteiger charge is -2.22. The zero-order valence-electron chi connectivity index (χ0n) is 11.7. The quantitative estimate of drug-likeness (QED) is 0.810. The minimum Gasteiger partial charge on any atom is -0.490 e. The summed E-state index contributed by atoms with van der Waals surface area (Å²) in [4.78, 5) is 0. The fourth-order valence-electron chi connectivity index (χ4n) is 1.70. The van der Waals surface area contributed by atoms with Gasteiger partial charge in [-0.3, -0.25) is 0 Å². The Morgan fingerprint density at radius 3 is 2.35 bits per heavy atom. The molecule has 0 saturated heterocycles. The smallest absolute Gasteiger partial charge is 0.124 e. The summed E-state index contributed by atoms with van der Waals surface area (Å²) in [7, 11) is 0. The molecule has 0 aliphatic rings. The predicted octanol–water partition coefficient (Wildman–Crippen LogP) is 3.78. The van der Waals surface area contributed by atoms with E-state index in [-0.39, 0.29) is 6.10 Å². The Labute approximate surface area is 105 Å². The summed E-state index contributed by atoms with van der Waals surface area (Å²) in [6.07, 6.45) is 0.241. The lowest BCUT2D eigenvalue weighted by atomic mass is 10.1. The number of benzene rings is 1. The summed E-state index contributed by atoms with van der Waals surface area (Å²) < 4.78 is 6.03. The monoisotopic (exact) mass is 235 g/mol. The van der Waals surface area contributed by atoms with E-state index >= 15 is 0 Å². The van der Waals surface area contributed by atoms with Crippen LogP contribution >= 0.6 is 0 Å². The molecule has 0 aromatic heterocycles. The van der Waals surface area contributed by atoms with Crippen molar-refractivity contribution in [2.45, 2.75) is 46.8 Å². The highest BCUT2D eigenvalue weighted by molar-refractivity contribution is 5.35. The van der Waals surface area contributed by atoms with Crippen LogP contribution in [0.3, 0.4) is 0 Å². The van der Waals surface area contributed by atoms with Crippen molar-refractivity contribution in [2.24, 2.45) is 5.92 Å². The molecule has 0 aliphatic carbocycles. The van der Waals surface area contributed by atoms with Gasteiger partial charge in [-0.25, -0.2) is 0 Å². The number of hydrogen-bond acceptors (Lipinski definition) is 2. The summed E-state index contributed by atoms with van der Waals surface area (Å²) in [5.41, 5.74) is 1.24. The van der Waals surface area contributed by atoms with Crippen LogP contribution in [0.4, 0.5) is 0 Å². The van der Waals surface area contributed by atoms with E-state index in [2.05, 4.69) is 58.1 Å². The van der Waals surface area contributed by atoms with Crippen molar-refractivity contribution in [2.75, 3.05) is 6.54 Å². The lowest BCUT2D eigenvalue weighted by Crippen LogP contribution is -2.22. The van der Waals surface area contributed by atoms with Gasteiger partial charge in [0.2, 0.25) is 0 Å². The average Bonchev–Trinajstić information content (AvgIpc) is 2.29. The third kappa shape index (κ3) is 4.04. The van der Waals surface area contributed by atoms with E-state index in [1.165, 1.54) is 5.56 Å². The van der Waals surface area contributed by atoms with Gasteiger partial charge in [-0.2, -0.15) is 0 Å². The molecule has 0 aliphatic heterocycles. The first-order chi connectivity index (χ1) is 8.06. The molecule has 0 spiro atoms. The second-order valence-corrected chi connectivity index (χ2v) is 4.88. The standard InChI is InChI=1S/C15H25NO/c1-6-16-12(4)14-9-7-8-10-15(14)17-13(5)11(2)3/h7-13,16H,6H2,1-5H3. The van der Waals surface area contributed by atoms with Gasteiger partial charge < -0.3 is 10.1 Å². The molecule has 2 unspecified atom stereocenters. The third-order valence-electron chi connectivity index (χ3n) is 3.15. The Balaban J connectivity index is 2.84. The van der Waals surface area contributed by atoms with Crippen molar-refractivity contribution in [1.29, 1.82) is 0 Å². The summed E-state index contributed by atoms with van der Waals surface area (Å²) in [5, 5.41) is 3.42. The molecule has 0 heterocycles. The van der Waals surface area contributed by atoms with Gasteiger partial charge in [-0.1, -0.05) is 39.0 Å². The van der Waals surface area contributed by atoms with Crippen LogP contribution in [0.2, 0.25) is 0 Å². The van der Waals surface area contributed by atoms with Crippen LogP contribution < -0.4 is 10.1 Å². The van der Waals surface area contributed by atoms with Crippen molar-refractivity contribution < 1.29 is 4.74 Å². The molecule has 0 radical (unpaired) electrons. The number of rotatable bonds is 6. The first-order valence-corrected chi connectivity index (χ1v) is 6.55. The Morgan fingerprint density at radius 2 is 1.76 bits per heavy atom. The van der Waals surface area contributed by atoms with Gasteiger partial charge in [0.15, 0.2) is 0 Å². The Kier molecular flexibility index (Phi) is 5.49. The zero-order chi connectivity index (χ0) is 12.8. The molecule has 1 aromatic rings. The van der Waals surface area contributed by atoms with Gasteiger partial charge in [-0.15, -0.1) is 0 Å². The maximum absolute atomic E-state index is 6.03. The van der Waals surface area contributed by atoms with Crippen molar-refractivity contribution in [3.05, 3.63) is 29.8 Å². The fourth-order valence-corrected chi connectivity index (χ4v) is 1.70. The third-order valence-corrected chi connectivity index (χ3v) is 3.15. The zero-order valence-corrected chi connectivity index (χ0v) is 11.7. The molecule has 1 aromatic carbocycles. The van der Waals surface area contributed by atoms with E-state index in [0.717, 1.165) is 12.3 Å². The topological polar surface area (TPSA) is 21.3 Å². The molecule has 2 atom stereocenters. The van der Waals surface area contributed by atoms with E-state index in [9.17, 15) is 0 Å². The minimum absolute atomic E-state index is 0.241. The van der Waals surface area contributed by atoms with Crippen LogP contribution in [-0.2, 0) is 0 Å². The number of para-hydroxylation sites is 1. The summed E-state index contributed by atoms with van der Waals surface area (Å²) >= 11 is 0. The molecular weight excluding hydrogens is 210 g/mol. The van der Waals surface area contributed by atoms with Gasteiger partial charge in [-0.05, 0) is 32.4 Å². The molecule has 1 rings (SSSR count). The van der Waals surface area contributed by atoms with E-state index in [1.54, 1.807) is 0 Å². The molecule has 2 nitrogen and oxygen atoms in total. The molecule has 0 fully saturated rings. The second-order valence-electron chi connectivity index (χ2n) is 4.88. The number of ether oxygens (including phenoxy) is 1. The summed E-state index contributed by atoms with van der Waals surface area (Å²) in [6, 6.07) is 8.62. The largest absolute Gasteiger partial charge is 0.490 e. The number of nitrogens with one attached hydrogen (secondary N) is 1. The highest BCUT2D eigenvalue weighted by Gasteiger charge is 2.14. The molecule has 17 heavy (non-hydrogen) atoms. The summed E-state index contributed by atoms with van der Waals surface area (Å²) in [5.74, 6) is 1.53. The Morgan fingerprint density at radius 1 is 1.12 bits per heavy atom. The van der Waals surface area contributed by atoms with Crippen LogP contribution in [0.25, 0.3) is 0 Å².